The monoisotopic (exact) mass is 667 g/mol. The molecule has 0 spiro atoms. The van der Waals surface area contributed by atoms with Crippen LogP contribution in [0.25, 0.3) is 0 Å². The van der Waals surface area contributed by atoms with Crippen LogP contribution in [0.15, 0.2) is 76.1 Å². The zero-order valence-corrected chi connectivity index (χ0v) is 26.6. The lowest BCUT2D eigenvalue weighted by Gasteiger charge is -2.32. The second-order valence-electron chi connectivity index (χ2n) is 9.89. The van der Waals surface area contributed by atoms with Crippen molar-refractivity contribution in [2.24, 2.45) is 5.92 Å². The molecule has 7 nitrogen and oxygen atoms in total. The van der Waals surface area contributed by atoms with Gasteiger partial charge in [0.1, 0.15) is 12.6 Å². The van der Waals surface area contributed by atoms with Crippen LogP contribution in [0, 0.1) is 12.8 Å². The number of carbonyl (C=O) groups excluding carboxylic acids is 2. The first-order valence-electron chi connectivity index (χ1n) is 12.7. The van der Waals surface area contributed by atoms with Gasteiger partial charge in [-0.3, -0.25) is 13.9 Å². The average molecular weight is 669 g/mol. The molecule has 0 saturated carbocycles. The van der Waals surface area contributed by atoms with Gasteiger partial charge in [0, 0.05) is 17.6 Å². The van der Waals surface area contributed by atoms with Crippen LogP contribution < -0.4 is 9.62 Å². The molecule has 214 valence electrons. The third-order valence-corrected chi connectivity index (χ3v) is 9.19. The SMILES string of the molecule is Cc1ccc(S(=O)(=O)N(CC(=O)N(Cc2ccc(Cl)c(Cl)c2)[C@H](C)C(=O)NCC(C)C)c2cccc(Br)c2)cc1. The lowest BCUT2D eigenvalue weighted by Crippen LogP contribution is -2.51. The summed E-state index contributed by atoms with van der Waals surface area (Å²) < 4.78 is 29.4. The van der Waals surface area contributed by atoms with Crippen molar-refractivity contribution < 1.29 is 18.0 Å². The number of benzene rings is 3. The highest BCUT2D eigenvalue weighted by Crippen LogP contribution is 2.28. The van der Waals surface area contributed by atoms with Crippen molar-refractivity contribution in [3.8, 4) is 0 Å². The number of sulfonamides is 1. The van der Waals surface area contributed by atoms with Crippen LogP contribution >= 0.6 is 39.1 Å². The Kier molecular flexibility index (Phi) is 11.1. The molecule has 0 aliphatic heterocycles. The van der Waals surface area contributed by atoms with Crippen LogP contribution in [-0.4, -0.2) is 44.3 Å². The molecule has 1 atom stereocenters. The van der Waals surface area contributed by atoms with Gasteiger partial charge in [0.15, 0.2) is 0 Å². The molecule has 0 unspecified atom stereocenters. The molecular weight excluding hydrogens is 637 g/mol. The largest absolute Gasteiger partial charge is 0.354 e. The lowest BCUT2D eigenvalue weighted by atomic mass is 10.1. The molecular formula is C29H32BrCl2N3O4S. The molecule has 2 amide bonds. The van der Waals surface area contributed by atoms with Crippen LogP contribution in [0.1, 0.15) is 31.9 Å². The summed E-state index contributed by atoms with van der Waals surface area (Å²) in [5, 5.41) is 3.52. The Morgan fingerprint density at radius 3 is 2.23 bits per heavy atom. The van der Waals surface area contributed by atoms with E-state index in [1.807, 2.05) is 20.8 Å². The van der Waals surface area contributed by atoms with Gasteiger partial charge >= 0.3 is 0 Å². The van der Waals surface area contributed by atoms with Gasteiger partial charge in [0.2, 0.25) is 11.8 Å². The van der Waals surface area contributed by atoms with Gasteiger partial charge in [-0.25, -0.2) is 8.42 Å². The van der Waals surface area contributed by atoms with Crippen molar-refractivity contribution in [1.82, 2.24) is 10.2 Å². The molecule has 11 heteroatoms. The van der Waals surface area contributed by atoms with E-state index in [2.05, 4.69) is 21.2 Å². The molecule has 40 heavy (non-hydrogen) atoms. The van der Waals surface area contributed by atoms with Gasteiger partial charge in [-0.1, -0.05) is 82.8 Å². The Balaban J connectivity index is 2.03. The first-order chi connectivity index (χ1) is 18.8. The molecule has 3 rings (SSSR count). The predicted molar refractivity (Wildman–Crippen MR) is 164 cm³/mol. The van der Waals surface area contributed by atoms with Crippen LogP contribution in [-0.2, 0) is 26.2 Å². The van der Waals surface area contributed by atoms with E-state index in [0.29, 0.717) is 32.3 Å². The second-order valence-corrected chi connectivity index (χ2v) is 13.5. The van der Waals surface area contributed by atoms with E-state index in [1.54, 1.807) is 61.5 Å². The molecule has 0 fully saturated rings. The highest BCUT2D eigenvalue weighted by atomic mass is 79.9. The molecule has 1 N–H and O–H groups in total. The first kappa shape index (κ1) is 31.9. The summed E-state index contributed by atoms with van der Waals surface area (Å²) in [4.78, 5) is 28.4. The van der Waals surface area contributed by atoms with Crippen molar-refractivity contribution in [2.75, 3.05) is 17.4 Å². The van der Waals surface area contributed by atoms with Crippen LogP contribution in [0.5, 0.6) is 0 Å². The van der Waals surface area contributed by atoms with Gasteiger partial charge in [-0.05, 0) is 67.8 Å². The van der Waals surface area contributed by atoms with Crippen LogP contribution in [0.2, 0.25) is 10.0 Å². The Labute approximate surface area is 254 Å². The number of amides is 2. The van der Waals surface area contributed by atoms with E-state index in [1.165, 1.54) is 17.0 Å². The number of nitrogens with one attached hydrogen (secondary N) is 1. The number of rotatable bonds is 11. The van der Waals surface area contributed by atoms with E-state index in [9.17, 15) is 18.0 Å². The zero-order chi connectivity index (χ0) is 29.6. The normalized spacial score (nSPS) is 12.2. The summed E-state index contributed by atoms with van der Waals surface area (Å²) in [5.41, 5.74) is 1.84. The first-order valence-corrected chi connectivity index (χ1v) is 15.6. The number of aryl methyl sites for hydroxylation is 1. The standard InChI is InChI=1S/C29H32BrCl2N3O4S/c1-19(2)16-33-29(37)21(4)34(17-22-10-13-26(31)27(32)14-22)28(36)18-35(24-7-5-6-23(30)15-24)40(38,39)25-11-8-20(3)9-12-25/h5-15,19,21H,16-18H2,1-4H3,(H,33,37)/t21-/m1/s1. The fourth-order valence-corrected chi connectivity index (χ4v) is 5.98. The van der Waals surface area contributed by atoms with Gasteiger partial charge in [0.25, 0.3) is 10.0 Å². The van der Waals surface area contributed by atoms with Crippen molar-refractivity contribution in [3.63, 3.8) is 0 Å². The topological polar surface area (TPSA) is 86.8 Å². The van der Waals surface area contributed by atoms with E-state index in [0.717, 1.165) is 9.87 Å². The molecule has 3 aromatic rings. The average Bonchev–Trinajstić information content (AvgIpc) is 2.90. The maximum absolute atomic E-state index is 14.0. The summed E-state index contributed by atoms with van der Waals surface area (Å²) in [7, 11) is -4.14. The van der Waals surface area contributed by atoms with Gasteiger partial charge in [-0.15, -0.1) is 0 Å². The van der Waals surface area contributed by atoms with Gasteiger partial charge in [-0.2, -0.15) is 0 Å². The summed E-state index contributed by atoms with van der Waals surface area (Å²) in [5.74, 6) is -0.700. The fourth-order valence-electron chi connectivity index (χ4n) is 3.87. The molecule has 0 aliphatic carbocycles. The third-order valence-electron chi connectivity index (χ3n) is 6.17. The van der Waals surface area contributed by atoms with Crippen molar-refractivity contribution in [1.29, 1.82) is 0 Å². The Bertz CT molecular complexity index is 1470. The van der Waals surface area contributed by atoms with E-state index in [4.69, 9.17) is 23.2 Å². The molecule has 0 heterocycles. The van der Waals surface area contributed by atoms with Gasteiger partial charge < -0.3 is 10.2 Å². The van der Waals surface area contributed by atoms with Crippen molar-refractivity contribution in [3.05, 3.63) is 92.4 Å². The number of hydrogen-bond acceptors (Lipinski definition) is 4. The maximum Gasteiger partial charge on any atom is 0.264 e. The summed E-state index contributed by atoms with van der Waals surface area (Å²) in [6.07, 6.45) is 0. The zero-order valence-electron chi connectivity index (χ0n) is 22.7. The smallest absolute Gasteiger partial charge is 0.264 e. The van der Waals surface area contributed by atoms with E-state index < -0.39 is 28.5 Å². The molecule has 0 aliphatic rings. The number of anilines is 1. The van der Waals surface area contributed by atoms with Gasteiger partial charge in [0.05, 0.1) is 20.6 Å². The summed E-state index contributed by atoms with van der Waals surface area (Å²) in [6.45, 7) is 7.33. The summed E-state index contributed by atoms with van der Waals surface area (Å²) in [6, 6.07) is 17.2. The fraction of sp³-hybridized carbons (Fsp3) is 0.310. The molecule has 3 aromatic carbocycles. The van der Waals surface area contributed by atoms with Crippen LogP contribution in [0.4, 0.5) is 5.69 Å². The Morgan fingerprint density at radius 2 is 1.62 bits per heavy atom. The maximum atomic E-state index is 14.0. The number of hydrogen-bond donors (Lipinski definition) is 1. The number of carbonyl (C=O) groups is 2. The minimum absolute atomic E-state index is 0.0168. The molecule has 0 radical (unpaired) electrons. The molecule has 0 bridgehead atoms. The Morgan fingerprint density at radius 1 is 0.950 bits per heavy atom. The third kappa shape index (κ3) is 8.22. The molecule has 0 saturated heterocycles. The predicted octanol–water partition coefficient (Wildman–Crippen LogP) is 6.45. The lowest BCUT2D eigenvalue weighted by molar-refractivity contribution is -0.139. The second kappa shape index (κ2) is 13.9. The highest BCUT2D eigenvalue weighted by Gasteiger charge is 2.32. The highest BCUT2D eigenvalue weighted by molar-refractivity contribution is 9.10. The Hall–Kier alpha value is -2.59. The van der Waals surface area contributed by atoms with E-state index in [-0.39, 0.29) is 23.3 Å². The quantitative estimate of drug-likeness (QED) is 0.255. The summed E-state index contributed by atoms with van der Waals surface area (Å²) >= 11 is 15.7. The van der Waals surface area contributed by atoms with E-state index >= 15 is 0 Å². The minimum atomic E-state index is -4.14. The minimum Gasteiger partial charge on any atom is -0.354 e. The molecule has 0 aromatic heterocycles. The number of halogens is 3. The van der Waals surface area contributed by atoms with Crippen molar-refractivity contribution in [2.45, 2.75) is 45.2 Å². The van der Waals surface area contributed by atoms with Crippen molar-refractivity contribution >= 4 is 66.7 Å². The number of nitrogens with zero attached hydrogens (tertiary/aromatic N) is 2. The van der Waals surface area contributed by atoms with Crippen LogP contribution in [0.3, 0.4) is 0 Å².